The molecule has 0 spiro atoms. The van der Waals surface area contributed by atoms with Gasteiger partial charge in [-0.3, -0.25) is 9.59 Å². The molecule has 0 saturated carbocycles. The Morgan fingerprint density at radius 1 is 1.40 bits per heavy atom. The topological polar surface area (TPSA) is 71.8 Å². The van der Waals surface area contributed by atoms with Crippen molar-refractivity contribution < 1.29 is 18.7 Å². The third kappa shape index (κ3) is 4.05. The largest absolute Gasteiger partial charge is 0.467 e. The summed E-state index contributed by atoms with van der Waals surface area (Å²) in [4.78, 5) is 27.4. The van der Waals surface area contributed by atoms with Gasteiger partial charge in [-0.05, 0) is 37.3 Å². The second-order valence-corrected chi connectivity index (χ2v) is 7.14. The van der Waals surface area contributed by atoms with E-state index >= 15 is 0 Å². The highest BCUT2D eigenvalue weighted by atomic mass is 32.2. The number of carbonyl (C=O) groups excluding carboxylic acids is 2. The summed E-state index contributed by atoms with van der Waals surface area (Å²) in [6.45, 7) is 3.11. The molecule has 1 N–H and O–H groups in total. The zero-order chi connectivity index (χ0) is 17.8. The van der Waals surface area contributed by atoms with Gasteiger partial charge in [0.15, 0.2) is 0 Å². The van der Waals surface area contributed by atoms with E-state index in [1.165, 1.54) is 11.8 Å². The van der Waals surface area contributed by atoms with Gasteiger partial charge in [-0.2, -0.15) is 0 Å². The third-order valence-corrected chi connectivity index (χ3v) is 5.11. The maximum absolute atomic E-state index is 12.9. The van der Waals surface area contributed by atoms with Crippen LogP contribution in [0.4, 0.5) is 5.69 Å². The number of ether oxygens (including phenoxy) is 1. The highest BCUT2D eigenvalue weighted by Crippen LogP contribution is 2.36. The molecule has 6 nitrogen and oxygen atoms in total. The summed E-state index contributed by atoms with van der Waals surface area (Å²) in [6.07, 6.45) is 1.58. The van der Waals surface area contributed by atoms with E-state index in [4.69, 9.17) is 9.15 Å². The first-order valence-corrected chi connectivity index (χ1v) is 8.88. The Morgan fingerprint density at radius 2 is 2.24 bits per heavy atom. The molecule has 2 heterocycles. The second-order valence-electron chi connectivity index (χ2n) is 5.76. The van der Waals surface area contributed by atoms with Crippen molar-refractivity contribution in [3.05, 3.63) is 47.9 Å². The molecule has 1 atom stereocenters. The van der Waals surface area contributed by atoms with Crippen molar-refractivity contribution in [3.63, 3.8) is 0 Å². The number of benzene rings is 1. The highest BCUT2D eigenvalue weighted by Gasteiger charge is 2.25. The Balaban J connectivity index is 1.81. The van der Waals surface area contributed by atoms with Gasteiger partial charge >= 0.3 is 0 Å². The van der Waals surface area contributed by atoms with Crippen LogP contribution in [0.25, 0.3) is 0 Å². The van der Waals surface area contributed by atoms with Crippen molar-refractivity contribution in [2.45, 2.75) is 23.6 Å². The molecule has 0 saturated heterocycles. The monoisotopic (exact) mass is 360 g/mol. The van der Waals surface area contributed by atoms with E-state index in [0.29, 0.717) is 36.7 Å². The Bertz CT molecular complexity index is 760. The van der Waals surface area contributed by atoms with E-state index < -0.39 is 0 Å². The standard InChI is InChI=1S/C18H20N2O4S/c1-12-17(21)19-15-10-13(5-6-16(15)25-12)18(22)20(7-9-23-2)11-14-4-3-8-24-14/h3-6,8,10,12H,7,9,11H2,1-2H3,(H,19,21). The van der Waals surface area contributed by atoms with Crippen LogP contribution >= 0.6 is 11.8 Å². The van der Waals surface area contributed by atoms with Gasteiger partial charge in [0.05, 0.1) is 30.4 Å². The summed E-state index contributed by atoms with van der Waals surface area (Å²) in [5, 5.41) is 2.73. The minimum Gasteiger partial charge on any atom is -0.467 e. The summed E-state index contributed by atoms with van der Waals surface area (Å²) in [7, 11) is 1.60. The first-order chi connectivity index (χ1) is 12.1. The number of thioether (sulfide) groups is 1. The van der Waals surface area contributed by atoms with Crippen molar-refractivity contribution in [3.8, 4) is 0 Å². The van der Waals surface area contributed by atoms with E-state index in [9.17, 15) is 9.59 Å². The number of fused-ring (bicyclic) bond motifs is 1. The number of nitrogens with zero attached hydrogens (tertiary/aromatic N) is 1. The summed E-state index contributed by atoms with van der Waals surface area (Å²) < 4.78 is 10.5. The van der Waals surface area contributed by atoms with Crippen molar-refractivity contribution in [2.75, 3.05) is 25.6 Å². The number of nitrogens with one attached hydrogen (secondary N) is 1. The normalized spacial score (nSPS) is 16.2. The molecule has 1 aliphatic heterocycles. The third-order valence-electron chi connectivity index (χ3n) is 3.94. The molecular formula is C18H20N2O4S. The van der Waals surface area contributed by atoms with E-state index in [0.717, 1.165) is 4.90 Å². The quantitative estimate of drug-likeness (QED) is 0.857. The van der Waals surface area contributed by atoms with Crippen LogP contribution in [0.2, 0.25) is 0 Å². The van der Waals surface area contributed by atoms with E-state index in [1.807, 2.05) is 19.1 Å². The Morgan fingerprint density at radius 3 is 2.96 bits per heavy atom. The van der Waals surface area contributed by atoms with Crippen LogP contribution in [0.3, 0.4) is 0 Å². The number of furan rings is 1. The number of amides is 2. The molecule has 2 amide bonds. The van der Waals surface area contributed by atoms with Gasteiger partial charge in [-0.15, -0.1) is 11.8 Å². The number of hydrogen-bond acceptors (Lipinski definition) is 5. The fourth-order valence-electron chi connectivity index (χ4n) is 2.57. The van der Waals surface area contributed by atoms with Gasteiger partial charge in [0.2, 0.25) is 5.91 Å². The molecule has 2 aromatic rings. The van der Waals surface area contributed by atoms with Gasteiger partial charge < -0.3 is 19.4 Å². The SMILES string of the molecule is COCCN(Cc1ccco1)C(=O)c1ccc2c(c1)NC(=O)C(C)S2. The first kappa shape index (κ1) is 17.6. The summed E-state index contributed by atoms with van der Waals surface area (Å²) in [5.41, 5.74) is 1.21. The summed E-state index contributed by atoms with van der Waals surface area (Å²) in [5.74, 6) is 0.531. The molecule has 25 heavy (non-hydrogen) atoms. The molecule has 7 heteroatoms. The Labute approximate surface area is 150 Å². The molecule has 1 aromatic heterocycles. The van der Waals surface area contributed by atoms with E-state index in [1.54, 1.807) is 36.5 Å². The van der Waals surface area contributed by atoms with E-state index in [-0.39, 0.29) is 17.1 Å². The van der Waals surface area contributed by atoms with Gasteiger partial charge in [0.1, 0.15) is 5.76 Å². The predicted octanol–water partition coefficient (Wildman–Crippen LogP) is 3.00. The smallest absolute Gasteiger partial charge is 0.254 e. The van der Waals surface area contributed by atoms with Crippen LogP contribution in [0.15, 0.2) is 45.9 Å². The predicted molar refractivity (Wildman–Crippen MR) is 95.7 cm³/mol. The number of hydrogen-bond donors (Lipinski definition) is 1. The van der Waals surface area contributed by atoms with Crippen LogP contribution in [0.1, 0.15) is 23.0 Å². The van der Waals surface area contributed by atoms with Crippen molar-refractivity contribution in [1.29, 1.82) is 0 Å². The summed E-state index contributed by atoms with van der Waals surface area (Å²) in [6, 6.07) is 9.03. The second kappa shape index (κ2) is 7.76. The lowest BCUT2D eigenvalue weighted by Crippen LogP contribution is -2.33. The first-order valence-electron chi connectivity index (χ1n) is 8.00. The van der Waals surface area contributed by atoms with Crippen LogP contribution in [0.5, 0.6) is 0 Å². The number of anilines is 1. The number of carbonyl (C=O) groups is 2. The highest BCUT2D eigenvalue weighted by molar-refractivity contribution is 8.00. The molecule has 0 bridgehead atoms. The average Bonchev–Trinajstić information content (AvgIpc) is 3.11. The van der Waals surface area contributed by atoms with E-state index in [2.05, 4.69) is 5.32 Å². The van der Waals surface area contributed by atoms with Crippen molar-refractivity contribution in [2.24, 2.45) is 0 Å². The maximum Gasteiger partial charge on any atom is 0.254 e. The van der Waals surface area contributed by atoms with Gasteiger partial charge in [0, 0.05) is 24.1 Å². The van der Waals surface area contributed by atoms with Crippen molar-refractivity contribution in [1.82, 2.24) is 4.90 Å². The lowest BCUT2D eigenvalue weighted by Gasteiger charge is -2.24. The Kier molecular flexibility index (Phi) is 5.45. The molecule has 0 aliphatic carbocycles. The summed E-state index contributed by atoms with van der Waals surface area (Å²) >= 11 is 1.49. The molecular weight excluding hydrogens is 340 g/mol. The lowest BCUT2D eigenvalue weighted by atomic mass is 10.1. The van der Waals surface area contributed by atoms with Crippen LogP contribution in [-0.4, -0.2) is 42.2 Å². The zero-order valence-electron chi connectivity index (χ0n) is 14.2. The Hall–Kier alpha value is -2.25. The molecule has 1 unspecified atom stereocenters. The minimum absolute atomic E-state index is 0.0473. The fraction of sp³-hybridized carbons (Fsp3) is 0.333. The molecule has 1 aliphatic rings. The molecule has 0 radical (unpaired) electrons. The molecule has 0 fully saturated rings. The van der Waals surface area contributed by atoms with Crippen LogP contribution in [0, 0.1) is 0 Å². The minimum atomic E-state index is -0.133. The average molecular weight is 360 g/mol. The fourth-order valence-corrected chi connectivity index (χ4v) is 3.50. The van der Waals surface area contributed by atoms with Crippen LogP contribution < -0.4 is 5.32 Å². The molecule has 1 aromatic carbocycles. The zero-order valence-corrected chi connectivity index (χ0v) is 15.0. The van der Waals surface area contributed by atoms with Gasteiger partial charge in [0.25, 0.3) is 5.91 Å². The van der Waals surface area contributed by atoms with Gasteiger partial charge in [-0.25, -0.2) is 0 Å². The number of methoxy groups -OCH3 is 1. The lowest BCUT2D eigenvalue weighted by molar-refractivity contribution is -0.115. The molecule has 132 valence electrons. The van der Waals surface area contributed by atoms with Crippen LogP contribution in [-0.2, 0) is 16.1 Å². The number of rotatable bonds is 6. The van der Waals surface area contributed by atoms with Crippen molar-refractivity contribution >= 4 is 29.3 Å². The molecule has 3 rings (SSSR count). The maximum atomic E-state index is 12.9. The van der Waals surface area contributed by atoms with Gasteiger partial charge in [-0.1, -0.05) is 0 Å².